The van der Waals surface area contributed by atoms with Gasteiger partial charge in [-0.05, 0) is 103 Å². The van der Waals surface area contributed by atoms with Crippen LogP contribution in [-0.2, 0) is 28.6 Å². The lowest BCUT2D eigenvalue weighted by molar-refractivity contribution is -0.182. The monoisotopic (exact) mass is 899 g/mol. The first kappa shape index (κ1) is 61.6. The van der Waals surface area contributed by atoms with Crippen LogP contribution in [0.1, 0.15) is 297 Å². The Hall–Kier alpha value is -2.37. The van der Waals surface area contributed by atoms with E-state index in [4.69, 9.17) is 14.2 Å². The largest absolute Gasteiger partial charge is 0.461 e. The fourth-order valence-corrected chi connectivity index (χ4v) is 8.06. The third-order valence-corrected chi connectivity index (χ3v) is 12.4. The second-order valence-electron chi connectivity index (χ2n) is 19.2. The van der Waals surface area contributed by atoms with Crippen LogP contribution < -0.4 is 0 Å². The minimum atomic E-state index is -1.21. The lowest BCUT2D eigenvalue weighted by Crippen LogP contribution is -2.42. The van der Waals surface area contributed by atoms with Crippen molar-refractivity contribution in [1.82, 2.24) is 0 Å². The molecule has 0 aliphatic heterocycles. The Kier molecular flexibility index (Phi) is 48.2. The molecule has 0 radical (unpaired) electrons. The Balaban J connectivity index is 4.52. The van der Waals surface area contributed by atoms with Gasteiger partial charge in [-0.15, -0.1) is 0 Å². The van der Waals surface area contributed by atoms with Gasteiger partial charge in [-0.3, -0.25) is 14.4 Å². The van der Waals surface area contributed by atoms with E-state index in [1.54, 1.807) is 6.92 Å². The molecule has 0 atom stereocenters. The molecule has 0 aromatic rings. The normalized spacial score (nSPS) is 12.0. The molecule has 0 saturated carbocycles. The third-order valence-electron chi connectivity index (χ3n) is 12.4. The van der Waals surface area contributed by atoms with Crippen molar-refractivity contribution >= 4 is 17.9 Å². The number of hydrogen-bond acceptors (Lipinski definition) is 6. The van der Waals surface area contributed by atoms with Gasteiger partial charge in [0.2, 0.25) is 0 Å². The SMILES string of the molecule is CCCCCCCC/C=C\CCCCCCCC(=O)OCC(C)(COC(=O)CCCCCCC/C=C\CCCCCCCC)OC(=O)CCCCCCC/C=C\CCCCCCCC. The second-order valence-corrected chi connectivity index (χ2v) is 19.2. The highest BCUT2D eigenvalue weighted by molar-refractivity contribution is 5.71. The molecular weight excluding hydrogens is 793 g/mol. The molecule has 0 fully saturated rings. The molecule has 0 rings (SSSR count). The maximum absolute atomic E-state index is 13.0. The Morgan fingerprint density at radius 1 is 0.312 bits per heavy atom. The minimum absolute atomic E-state index is 0.115. The first-order valence-electron chi connectivity index (χ1n) is 27.8. The molecule has 0 saturated heterocycles. The van der Waals surface area contributed by atoms with Gasteiger partial charge >= 0.3 is 17.9 Å². The van der Waals surface area contributed by atoms with Crippen LogP contribution in [0.2, 0.25) is 0 Å². The van der Waals surface area contributed by atoms with Crippen molar-refractivity contribution in [2.45, 2.75) is 303 Å². The average molecular weight is 899 g/mol. The quantitative estimate of drug-likeness (QED) is 0.0262. The molecule has 0 aliphatic carbocycles. The van der Waals surface area contributed by atoms with Gasteiger partial charge in [0, 0.05) is 19.3 Å². The van der Waals surface area contributed by atoms with Crippen molar-refractivity contribution in [2.75, 3.05) is 13.2 Å². The summed E-state index contributed by atoms with van der Waals surface area (Å²) in [6, 6.07) is 0. The van der Waals surface area contributed by atoms with Crippen molar-refractivity contribution in [2.24, 2.45) is 0 Å². The molecule has 374 valence electrons. The lowest BCUT2D eigenvalue weighted by Gasteiger charge is -2.28. The minimum Gasteiger partial charge on any atom is -0.461 e. The highest BCUT2D eigenvalue weighted by atomic mass is 16.6. The first-order chi connectivity index (χ1) is 31.4. The fraction of sp³-hybridized carbons (Fsp3) is 0.845. The molecule has 0 amide bonds. The summed E-state index contributed by atoms with van der Waals surface area (Å²) in [7, 11) is 0. The van der Waals surface area contributed by atoms with Crippen LogP contribution in [0.3, 0.4) is 0 Å². The van der Waals surface area contributed by atoms with Crippen molar-refractivity contribution in [1.29, 1.82) is 0 Å². The van der Waals surface area contributed by atoms with Crippen molar-refractivity contribution in [3.63, 3.8) is 0 Å². The van der Waals surface area contributed by atoms with Crippen LogP contribution in [0.5, 0.6) is 0 Å². The maximum atomic E-state index is 13.0. The Morgan fingerprint density at radius 3 is 0.797 bits per heavy atom. The number of rotatable bonds is 50. The third kappa shape index (κ3) is 47.6. The predicted molar refractivity (Wildman–Crippen MR) is 275 cm³/mol. The van der Waals surface area contributed by atoms with Crippen LogP contribution in [0.25, 0.3) is 0 Å². The Bertz CT molecular complexity index is 1050. The standard InChI is InChI=1S/C58H106O6/c1-5-8-11-14-17-20-23-26-29-32-35-38-41-44-47-50-55(59)62-53-58(4,64-57(61)52-49-46-43-40-37-34-31-28-25-22-19-16-13-10-7-3)54-63-56(60)51-48-45-42-39-36-33-30-27-24-21-18-15-12-9-6-2/h26-31H,5-25,32-54H2,1-4H3/b29-26-,30-27-,31-28-. The highest BCUT2D eigenvalue weighted by Gasteiger charge is 2.33. The Labute approximate surface area is 397 Å². The summed E-state index contributed by atoms with van der Waals surface area (Å²) in [4.78, 5) is 38.5. The molecule has 0 N–H and O–H groups in total. The van der Waals surface area contributed by atoms with Gasteiger partial charge in [0.15, 0.2) is 5.60 Å². The van der Waals surface area contributed by atoms with Crippen LogP contribution in [0.4, 0.5) is 0 Å². The number of carbonyl (C=O) groups is 3. The smallest absolute Gasteiger partial charge is 0.306 e. The topological polar surface area (TPSA) is 78.9 Å². The van der Waals surface area contributed by atoms with E-state index in [-0.39, 0.29) is 31.1 Å². The number of carbonyl (C=O) groups excluding carboxylic acids is 3. The lowest BCUT2D eigenvalue weighted by atomic mass is 10.1. The molecule has 0 aliphatic rings. The second kappa shape index (κ2) is 50.1. The number of ether oxygens (including phenoxy) is 3. The fourth-order valence-electron chi connectivity index (χ4n) is 8.06. The molecular formula is C58H106O6. The number of unbranched alkanes of at least 4 members (excludes halogenated alkanes) is 33. The van der Waals surface area contributed by atoms with Gasteiger partial charge in [-0.1, -0.05) is 211 Å². The van der Waals surface area contributed by atoms with Gasteiger partial charge in [0.25, 0.3) is 0 Å². The summed E-state index contributed by atoms with van der Waals surface area (Å²) in [6.07, 6.45) is 61.9. The molecule has 0 aromatic carbocycles. The molecule has 64 heavy (non-hydrogen) atoms. The van der Waals surface area contributed by atoms with Crippen LogP contribution >= 0.6 is 0 Å². The van der Waals surface area contributed by atoms with E-state index in [1.807, 2.05) is 0 Å². The van der Waals surface area contributed by atoms with Gasteiger partial charge in [0.05, 0.1) is 0 Å². The first-order valence-corrected chi connectivity index (χ1v) is 27.8. The Morgan fingerprint density at radius 2 is 0.531 bits per heavy atom. The van der Waals surface area contributed by atoms with E-state index in [0.29, 0.717) is 19.3 Å². The molecule has 6 nitrogen and oxygen atoms in total. The average Bonchev–Trinajstić information content (AvgIpc) is 3.29. The van der Waals surface area contributed by atoms with E-state index < -0.39 is 5.60 Å². The summed E-state index contributed by atoms with van der Waals surface area (Å²) in [5.74, 6) is -0.921. The molecule has 6 heteroatoms. The van der Waals surface area contributed by atoms with Crippen molar-refractivity contribution < 1.29 is 28.6 Å². The van der Waals surface area contributed by atoms with Gasteiger partial charge < -0.3 is 14.2 Å². The van der Waals surface area contributed by atoms with Crippen molar-refractivity contribution in [3.8, 4) is 0 Å². The van der Waals surface area contributed by atoms with E-state index in [2.05, 4.69) is 57.2 Å². The summed E-state index contributed by atoms with van der Waals surface area (Å²) in [6.45, 7) is 8.28. The molecule has 0 heterocycles. The molecule has 0 bridgehead atoms. The number of esters is 3. The van der Waals surface area contributed by atoms with E-state index >= 15 is 0 Å². The van der Waals surface area contributed by atoms with Gasteiger partial charge in [0.1, 0.15) is 13.2 Å². The summed E-state index contributed by atoms with van der Waals surface area (Å²) < 4.78 is 17.2. The highest BCUT2D eigenvalue weighted by Crippen LogP contribution is 2.19. The van der Waals surface area contributed by atoms with E-state index in [9.17, 15) is 14.4 Å². The van der Waals surface area contributed by atoms with Gasteiger partial charge in [-0.2, -0.15) is 0 Å². The molecule has 0 unspecified atom stereocenters. The van der Waals surface area contributed by atoms with Crippen LogP contribution in [-0.4, -0.2) is 36.7 Å². The van der Waals surface area contributed by atoms with Gasteiger partial charge in [-0.25, -0.2) is 0 Å². The zero-order chi connectivity index (χ0) is 46.7. The predicted octanol–water partition coefficient (Wildman–Crippen LogP) is 18.5. The number of hydrogen-bond donors (Lipinski definition) is 0. The van der Waals surface area contributed by atoms with Crippen LogP contribution in [0.15, 0.2) is 36.5 Å². The van der Waals surface area contributed by atoms with Crippen molar-refractivity contribution in [3.05, 3.63) is 36.5 Å². The van der Waals surface area contributed by atoms with E-state index in [0.717, 1.165) is 83.5 Å². The summed E-state index contributed by atoms with van der Waals surface area (Å²) in [5.41, 5.74) is -1.21. The van der Waals surface area contributed by atoms with E-state index in [1.165, 1.54) is 167 Å². The zero-order valence-corrected chi connectivity index (χ0v) is 43.0. The molecule has 0 spiro atoms. The number of allylic oxidation sites excluding steroid dienone is 6. The van der Waals surface area contributed by atoms with Crippen LogP contribution in [0, 0.1) is 0 Å². The zero-order valence-electron chi connectivity index (χ0n) is 43.0. The summed E-state index contributed by atoms with van der Waals surface area (Å²) in [5, 5.41) is 0. The maximum Gasteiger partial charge on any atom is 0.306 e. The summed E-state index contributed by atoms with van der Waals surface area (Å²) >= 11 is 0. The molecule has 0 aromatic heterocycles.